The molecular formula is C6H6N2O2S2. The van der Waals surface area contributed by atoms with E-state index in [1.165, 1.54) is 23.1 Å². The third-order valence-electron chi connectivity index (χ3n) is 1.47. The first-order valence-electron chi connectivity index (χ1n) is 3.46. The molecule has 0 radical (unpaired) electrons. The zero-order chi connectivity index (χ0) is 8.39. The molecule has 1 atom stereocenters. The van der Waals surface area contributed by atoms with Gasteiger partial charge in [0.2, 0.25) is 0 Å². The van der Waals surface area contributed by atoms with Gasteiger partial charge in [0.25, 0.3) is 0 Å². The van der Waals surface area contributed by atoms with Crippen molar-refractivity contribution < 1.29 is 9.53 Å². The van der Waals surface area contributed by atoms with Crippen LogP contribution in [-0.4, -0.2) is 28.0 Å². The third-order valence-corrected chi connectivity index (χ3v) is 3.53. The molecule has 1 aliphatic rings. The van der Waals surface area contributed by atoms with Crippen molar-refractivity contribution in [3.63, 3.8) is 0 Å². The van der Waals surface area contributed by atoms with E-state index in [-0.39, 0.29) is 11.2 Å². The smallest absolute Gasteiger partial charge is 0.319 e. The minimum absolute atomic E-state index is 0.0713. The summed E-state index contributed by atoms with van der Waals surface area (Å²) < 4.78 is 5.64. The fraction of sp³-hybridized carbons (Fsp3) is 0.500. The monoisotopic (exact) mass is 202 g/mol. The number of ether oxygens (including phenoxy) is 1. The van der Waals surface area contributed by atoms with E-state index < -0.39 is 0 Å². The van der Waals surface area contributed by atoms with Gasteiger partial charge in [-0.2, -0.15) is 0 Å². The molecule has 1 fully saturated rings. The molecule has 0 N–H and O–H groups in total. The van der Waals surface area contributed by atoms with Gasteiger partial charge < -0.3 is 4.74 Å². The van der Waals surface area contributed by atoms with Crippen molar-refractivity contribution in [2.75, 3.05) is 6.61 Å². The molecular weight excluding hydrogens is 196 g/mol. The molecule has 0 aromatic carbocycles. The molecule has 0 bridgehead atoms. The Kier molecular flexibility index (Phi) is 2.27. The minimum Gasteiger partial charge on any atom is -0.465 e. The Morgan fingerprint density at radius 3 is 3.25 bits per heavy atom. The van der Waals surface area contributed by atoms with Crippen LogP contribution in [0.15, 0.2) is 9.85 Å². The topological polar surface area (TPSA) is 52.1 Å². The summed E-state index contributed by atoms with van der Waals surface area (Å²) in [4.78, 5) is 11.0. The zero-order valence-corrected chi connectivity index (χ0v) is 7.73. The van der Waals surface area contributed by atoms with Crippen molar-refractivity contribution in [3.05, 3.63) is 5.51 Å². The number of thioether (sulfide) groups is 1. The first-order valence-corrected chi connectivity index (χ1v) is 5.21. The maximum atomic E-state index is 11.0. The van der Waals surface area contributed by atoms with Crippen LogP contribution < -0.4 is 0 Å². The quantitative estimate of drug-likeness (QED) is 0.668. The molecule has 0 aliphatic carbocycles. The average Bonchev–Trinajstić information content (AvgIpc) is 2.65. The van der Waals surface area contributed by atoms with Crippen molar-refractivity contribution in [1.29, 1.82) is 0 Å². The maximum absolute atomic E-state index is 11.0. The second-order valence-corrected chi connectivity index (χ2v) is 4.55. The van der Waals surface area contributed by atoms with Crippen molar-refractivity contribution in [2.45, 2.75) is 16.0 Å². The number of esters is 1. The molecule has 2 rings (SSSR count). The molecule has 1 aromatic rings. The highest BCUT2D eigenvalue weighted by molar-refractivity contribution is 8.02. The Labute approximate surface area is 77.3 Å². The summed E-state index contributed by atoms with van der Waals surface area (Å²) in [6.45, 7) is 0.537. The van der Waals surface area contributed by atoms with Crippen LogP contribution in [0, 0.1) is 0 Å². The van der Waals surface area contributed by atoms with Gasteiger partial charge in [-0.25, -0.2) is 0 Å². The van der Waals surface area contributed by atoms with Crippen molar-refractivity contribution in [3.8, 4) is 0 Å². The molecule has 0 saturated carbocycles. The lowest BCUT2D eigenvalue weighted by atomic mass is 10.4. The summed E-state index contributed by atoms with van der Waals surface area (Å²) in [7, 11) is 0. The number of carbonyl (C=O) groups excluding carboxylic acids is 1. The SMILES string of the molecule is O=C1OCC[C@H]1Sc1nncs1. The molecule has 1 aromatic heterocycles. The Balaban J connectivity index is 1.99. The number of cyclic esters (lactones) is 1. The second kappa shape index (κ2) is 3.40. The van der Waals surface area contributed by atoms with Crippen molar-refractivity contribution in [2.24, 2.45) is 0 Å². The molecule has 0 spiro atoms. The van der Waals surface area contributed by atoms with E-state index in [1.807, 2.05) is 0 Å². The lowest BCUT2D eigenvalue weighted by Crippen LogP contribution is -2.08. The van der Waals surface area contributed by atoms with E-state index in [4.69, 9.17) is 4.74 Å². The van der Waals surface area contributed by atoms with Gasteiger partial charge in [0, 0.05) is 6.42 Å². The van der Waals surface area contributed by atoms with E-state index in [0.29, 0.717) is 6.61 Å². The van der Waals surface area contributed by atoms with Gasteiger partial charge >= 0.3 is 5.97 Å². The van der Waals surface area contributed by atoms with Crippen LogP contribution in [-0.2, 0) is 9.53 Å². The molecule has 1 aliphatic heterocycles. The van der Waals surface area contributed by atoms with Crippen LogP contribution in [0.3, 0.4) is 0 Å². The van der Waals surface area contributed by atoms with Crippen LogP contribution in [0.2, 0.25) is 0 Å². The molecule has 4 nitrogen and oxygen atoms in total. The minimum atomic E-state index is -0.129. The molecule has 2 heterocycles. The normalized spacial score (nSPS) is 22.7. The largest absolute Gasteiger partial charge is 0.465 e. The summed E-state index contributed by atoms with van der Waals surface area (Å²) in [6.07, 6.45) is 0.781. The lowest BCUT2D eigenvalue weighted by molar-refractivity contribution is -0.137. The van der Waals surface area contributed by atoms with Gasteiger partial charge in [-0.15, -0.1) is 10.2 Å². The molecule has 1 saturated heterocycles. The standard InChI is InChI=1S/C6H6N2O2S2/c9-5-4(1-2-10-5)12-6-8-7-3-11-6/h3-4H,1-2H2/t4-/m1/s1. The summed E-state index contributed by atoms with van der Waals surface area (Å²) >= 11 is 2.88. The van der Waals surface area contributed by atoms with Crippen LogP contribution in [0.25, 0.3) is 0 Å². The van der Waals surface area contributed by atoms with Gasteiger partial charge in [-0.1, -0.05) is 23.1 Å². The summed E-state index contributed by atoms with van der Waals surface area (Å²) in [6, 6.07) is 0. The molecule has 0 unspecified atom stereocenters. The van der Waals surface area contributed by atoms with Crippen molar-refractivity contribution >= 4 is 29.1 Å². The number of hydrogen-bond acceptors (Lipinski definition) is 6. The van der Waals surface area contributed by atoms with Gasteiger partial charge in [0.05, 0.1) is 6.61 Å². The highest BCUT2D eigenvalue weighted by Gasteiger charge is 2.28. The van der Waals surface area contributed by atoms with Gasteiger partial charge in [-0.3, -0.25) is 4.79 Å². The van der Waals surface area contributed by atoms with E-state index in [1.54, 1.807) is 5.51 Å². The van der Waals surface area contributed by atoms with E-state index in [2.05, 4.69) is 10.2 Å². The number of aromatic nitrogens is 2. The van der Waals surface area contributed by atoms with Crippen LogP contribution >= 0.6 is 23.1 Å². The highest BCUT2D eigenvalue weighted by Crippen LogP contribution is 2.29. The fourth-order valence-electron chi connectivity index (χ4n) is 0.920. The lowest BCUT2D eigenvalue weighted by Gasteiger charge is -1.98. The van der Waals surface area contributed by atoms with Crippen LogP contribution in [0.5, 0.6) is 0 Å². The van der Waals surface area contributed by atoms with E-state index >= 15 is 0 Å². The number of nitrogens with zero attached hydrogens (tertiary/aromatic N) is 2. The Bertz CT molecular complexity index is 275. The van der Waals surface area contributed by atoms with Gasteiger partial charge in [0.1, 0.15) is 10.8 Å². The van der Waals surface area contributed by atoms with Crippen molar-refractivity contribution in [1.82, 2.24) is 10.2 Å². The first kappa shape index (κ1) is 8.00. The fourth-order valence-corrected chi connectivity index (χ4v) is 2.61. The average molecular weight is 202 g/mol. The third kappa shape index (κ3) is 1.59. The van der Waals surface area contributed by atoms with Gasteiger partial charge in [-0.05, 0) is 0 Å². The predicted molar refractivity (Wildman–Crippen MR) is 45.1 cm³/mol. The number of rotatable bonds is 2. The second-order valence-electron chi connectivity index (χ2n) is 2.27. The maximum Gasteiger partial charge on any atom is 0.319 e. The van der Waals surface area contributed by atoms with E-state index in [0.717, 1.165) is 10.8 Å². The molecule has 0 amide bonds. The predicted octanol–water partition coefficient (Wildman–Crippen LogP) is 0.946. The van der Waals surface area contributed by atoms with Crippen LogP contribution in [0.1, 0.15) is 6.42 Å². The number of hydrogen-bond donors (Lipinski definition) is 0. The molecule has 12 heavy (non-hydrogen) atoms. The molecule has 6 heteroatoms. The summed E-state index contributed by atoms with van der Waals surface area (Å²) in [5, 5.41) is 7.45. The number of carbonyl (C=O) groups is 1. The summed E-state index contributed by atoms with van der Waals surface area (Å²) in [5.41, 5.74) is 1.66. The molecule has 64 valence electrons. The van der Waals surface area contributed by atoms with E-state index in [9.17, 15) is 4.79 Å². The first-order chi connectivity index (χ1) is 5.86. The Hall–Kier alpha value is -0.620. The van der Waals surface area contributed by atoms with Crippen LogP contribution in [0.4, 0.5) is 0 Å². The summed E-state index contributed by atoms with van der Waals surface area (Å²) in [5.74, 6) is -0.129. The van der Waals surface area contributed by atoms with Gasteiger partial charge in [0.15, 0.2) is 4.34 Å². The highest BCUT2D eigenvalue weighted by atomic mass is 32.2. The Morgan fingerprint density at radius 2 is 2.67 bits per heavy atom. The Morgan fingerprint density at radius 1 is 1.75 bits per heavy atom. The zero-order valence-electron chi connectivity index (χ0n) is 6.10.